The van der Waals surface area contributed by atoms with Gasteiger partial charge in [0.05, 0.1) is 0 Å². The van der Waals surface area contributed by atoms with Gasteiger partial charge in [0.15, 0.2) is 0 Å². The van der Waals surface area contributed by atoms with Crippen LogP contribution in [0.1, 0.15) is 18.1 Å². The third-order valence-corrected chi connectivity index (χ3v) is 2.75. The van der Waals surface area contributed by atoms with E-state index in [0.717, 1.165) is 12.8 Å². The second-order valence-corrected chi connectivity index (χ2v) is 4.56. The van der Waals surface area contributed by atoms with Crippen molar-refractivity contribution in [3.63, 3.8) is 0 Å². The van der Waals surface area contributed by atoms with Crippen LogP contribution in [0, 0.1) is 0 Å². The lowest BCUT2D eigenvalue weighted by atomic mass is 10.0. The second kappa shape index (κ2) is 10.4. The van der Waals surface area contributed by atoms with E-state index in [9.17, 15) is 4.79 Å². The molecule has 2 aromatic carbocycles. The Labute approximate surface area is 126 Å². The number of hydrogen-bond acceptors (Lipinski definition) is 2. The first-order chi connectivity index (χ1) is 9.59. The minimum absolute atomic E-state index is 0. The fourth-order valence-electron chi connectivity index (χ4n) is 1.58. The third kappa shape index (κ3) is 8.39. The lowest BCUT2D eigenvalue weighted by Crippen LogP contribution is -1.92. The van der Waals surface area contributed by atoms with Crippen LogP contribution in [0.4, 0.5) is 0 Å². The molecule has 0 saturated heterocycles. The van der Waals surface area contributed by atoms with Crippen molar-refractivity contribution in [3.8, 4) is 0 Å². The average Bonchev–Trinajstić information content (AvgIpc) is 2.48. The van der Waals surface area contributed by atoms with Crippen LogP contribution in [0.25, 0.3) is 0 Å². The van der Waals surface area contributed by atoms with Crippen molar-refractivity contribution in [2.75, 3.05) is 0 Å². The van der Waals surface area contributed by atoms with Crippen molar-refractivity contribution in [3.05, 3.63) is 83.9 Å². The number of aryl methyl sites for hydroxylation is 2. The topological polar surface area (TPSA) is 72.3 Å². The Morgan fingerprint density at radius 3 is 1.43 bits per heavy atom. The first-order valence-corrected chi connectivity index (χ1v) is 6.56. The predicted molar refractivity (Wildman–Crippen MR) is 87.8 cm³/mol. The van der Waals surface area contributed by atoms with Crippen LogP contribution in [-0.2, 0) is 17.6 Å². The van der Waals surface area contributed by atoms with Crippen molar-refractivity contribution in [1.29, 1.82) is 0 Å². The minimum atomic E-state index is -0.935. The van der Waals surface area contributed by atoms with Crippen molar-refractivity contribution in [2.45, 2.75) is 19.8 Å². The maximum atomic E-state index is 9.60. The van der Waals surface area contributed by atoms with Crippen LogP contribution < -0.4 is 6.15 Å². The van der Waals surface area contributed by atoms with E-state index in [-0.39, 0.29) is 11.7 Å². The Balaban J connectivity index is 0.000000495. The summed E-state index contributed by atoms with van der Waals surface area (Å²) in [7, 11) is 0. The molecular formula is C18H23NO2. The highest BCUT2D eigenvalue weighted by atomic mass is 16.4. The fraction of sp³-hybridized carbons (Fsp3) is 0.167. The molecule has 0 unspecified atom stereocenters. The molecule has 0 bridgehead atoms. The molecule has 4 N–H and O–H groups in total. The molecule has 0 heterocycles. The van der Waals surface area contributed by atoms with E-state index in [1.165, 1.54) is 18.1 Å². The van der Waals surface area contributed by atoms with Gasteiger partial charge in [0, 0.05) is 5.57 Å². The van der Waals surface area contributed by atoms with E-state index in [4.69, 9.17) is 5.11 Å². The lowest BCUT2D eigenvalue weighted by molar-refractivity contribution is -0.132. The smallest absolute Gasteiger partial charge is 0.330 e. The molecule has 2 aromatic rings. The van der Waals surface area contributed by atoms with E-state index < -0.39 is 5.97 Å². The van der Waals surface area contributed by atoms with Gasteiger partial charge in [0.2, 0.25) is 0 Å². The summed E-state index contributed by atoms with van der Waals surface area (Å²) in [6.07, 6.45) is 2.26. The largest absolute Gasteiger partial charge is 0.478 e. The molecule has 0 aliphatic heterocycles. The molecule has 0 aliphatic carbocycles. The number of aliphatic carboxylic acids is 1. The Bertz CT molecular complexity index is 484. The van der Waals surface area contributed by atoms with Crippen molar-refractivity contribution in [1.82, 2.24) is 6.15 Å². The summed E-state index contributed by atoms with van der Waals surface area (Å²) in [6, 6.07) is 21.2. The second-order valence-electron chi connectivity index (χ2n) is 4.56. The predicted octanol–water partition coefficient (Wildman–Crippen LogP) is 4.28. The molecule has 3 heteroatoms. The van der Waals surface area contributed by atoms with Crippen LogP contribution in [0.3, 0.4) is 0 Å². The fourth-order valence-corrected chi connectivity index (χ4v) is 1.58. The number of carboxylic acids is 1. The minimum Gasteiger partial charge on any atom is -0.478 e. The van der Waals surface area contributed by atoms with Gasteiger partial charge in [-0.2, -0.15) is 0 Å². The number of rotatable bonds is 4. The van der Waals surface area contributed by atoms with E-state index in [1.54, 1.807) is 0 Å². The van der Waals surface area contributed by atoms with E-state index in [0.29, 0.717) is 0 Å². The Hall–Kier alpha value is -2.39. The molecule has 0 saturated carbocycles. The third-order valence-electron chi connectivity index (χ3n) is 2.75. The van der Waals surface area contributed by atoms with Gasteiger partial charge < -0.3 is 11.3 Å². The number of benzene rings is 2. The van der Waals surface area contributed by atoms with Gasteiger partial charge in [0.1, 0.15) is 0 Å². The molecule has 21 heavy (non-hydrogen) atoms. The molecule has 0 amide bonds. The Morgan fingerprint density at radius 1 is 0.905 bits per heavy atom. The zero-order chi connectivity index (χ0) is 14.8. The first kappa shape index (κ1) is 18.6. The Kier molecular flexibility index (Phi) is 9.22. The molecular weight excluding hydrogens is 262 g/mol. The van der Waals surface area contributed by atoms with Gasteiger partial charge in [-0.1, -0.05) is 67.2 Å². The summed E-state index contributed by atoms with van der Waals surface area (Å²) in [5.41, 5.74) is 3.00. The molecule has 0 radical (unpaired) electrons. The molecule has 3 nitrogen and oxygen atoms in total. The van der Waals surface area contributed by atoms with Gasteiger partial charge >= 0.3 is 5.97 Å². The normalized spacial score (nSPS) is 8.81. The summed E-state index contributed by atoms with van der Waals surface area (Å²) in [4.78, 5) is 9.60. The van der Waals surface area contributed by atoms with Crippen LogP contribution in [0.15, 0.2) is 72.8 Å². The van der Waals surface area contributed by atoms with E-state index >= 15 is 0 Å². The highest BCUT2D eigenvalue weighted by Gasteiger charge is 1.93. The zero-order valence-electron chi connectivity index (χ0n) is 12.5. The molecule has 0 aliphatic rings. The SMILES string of the molecule is C=C(C)C(=O)O.N.c1ccc(CCc2ccccc2)cc1. The molecule has 0 spiro atoms. The standard InChI is InChI=1S/C14H14.C4H6O2.H3N/c1-3-7-13(8-4-1)11-12-14-9-5-2-6-10-14;1-3(2)4(5)6;/h1-10H,11-12H2;1H2,2H3,(H,5,6);1H3. The first-order valence-electron chi connectivity index (χ1n) is 6.56. The number of carboxylic acid groups (broad SMARTS) is 1. The Morgan fingerprint density at radius 2 is 1.19 bits per heavy atom. The van der Waals surface area contributed by atoms with Gasteiger partial charge in [-0.3, -0.25) is 0 Å². The number of hydrogen-bond donors (Lipinski definition) is 2. The van der Waals surface area contributed by atoms with Crippen molar-refractivity contribution in [2.24, 2.45) is 0 Å². The maximum absolute atomic E-state index is 9.60. The van der Waals surface area contributed by atoms with E-state index in [2.05, 4.69) is 67.2 Å². The quantitative estimate of drug-likeness (QED) is 0.823. The van der Waals surface area contributed by atoms with Crippen molar-refractivity contribution >= 4 is 5.97 Å². The van der Waals surface area contributed by atoms with E-state index in [1.807, 2.05) is 0 Å². The van der Waals surface area contributed by atoms with Crippen LogP contribution in [0.2, 0.25) is 0 Å². The molecule has 112 valence electrons. The monoisotopic (exact) mass is 285 g/mol. The number of carbonyl (C=O) groups is 1. The summed E-state index contributed by atoms with van der Waals surface area (Å²) in [5, 5.41) is 7.89. The van der Waals surface area contributed by atoms with Gasteiger partial charge in [0.25, 0.3) is 0 Å². The summed E-state index contributed by atoms with van der Waals surface area (Å²) in [5.74, 6) is -0.935. The average molecular weight is 285 g/mol. The summed E-state index contributed by atoms with van der Waals surface area (Å²) >= 11 is 0. The van der Waals surface area contributed by atoms with Crippen LogP contribution in [-0.4, -0.2) is 11.1 Å². The molecule has 2 rings (SSSR count). The lowest BCUT2D eigenvalue weighted by Gasteiger charge is -2.01. The van der Waals surface area contributed by atoms with Crippen molar-refractivity contribution < 1.29 is 9.90 Å². The zero-order valence-corrected chi connectivity index (χ0v) is 12.5. The summed E-state index contributed by atoms with van der Waals surface area (Å²) < 4.78 is 0. The highest BCUT2D eigenvalue weighted by Crippen LogP contribution is 2.06. The van der Waals surface area contributed by atoms with Crippen LogP contribution >= 0.6 is 0 Å². The molecule has 0 atom stereocenters. The maximum Gasteiger partial charge on any atom is 0.330 e. The van der Waals surface area contributed by atoms with Gasteiger partial charge in [-0.05, 0) is 30.9 Å². The van der Waals surface area contributed by atoms with Gasteiger partial charge in [-0.25, -0.2) is 4.79 Å². The highest BCUT2D eigenvalue weighted by molar-refractivity contribution is 5.84. The molecule has 0 fully saturated rings. The summed E-state index contributed by atoms with van der Waals surface area (Å²) in [6.45, 7) is 4.60. The molecule has 0 aromatic heterocycles. The van der Waals surface area contributed by atoms with Crippen LogP contribution in [0.5, 0.6) is 0 Å². The van der Waals surface area contributed by atoms with Gasteiger partial charge in [-0.15, -0.1) is 0 Å².